The fourth-order valence-corrected chi connectivity index (χ4v) is 2.29. The lowest BCUT2D eigenvalue weighted by atomic mass is 9.85. The number of likely N-dealkylation sites (tertiary alicyclic amines) is 1. The maximum Gasteiger partial charge on any atom is -0.00136 e. The predicted octanol–water partition coefficient (Wildman–Crippen LogP) is 3.69. The summed E-state index contributed by atoms with van der Waals surface area (Å²) in [5.41, 5.74) is 0.597. The third kappa shape index (κ3) is 4.45. The number of hydrogen-bond acceptors (Lipinski definition) is 1. The molecule has 1 aliphatic rings. The van der Waals surface area contributed by atoms with Gasteiger partial charge in [-0.3, -0.25) is 0 Å². The van der Waals surface area contributed by atoms with Crippen LogP contribution in [0, 0.1) is 5.41 Å². The van der Waals surface area contributed by atoms with Crippen LogP contribution in [0.4, 0.5) is 0 Å². The van der Waals surface area contributed by atoms with Crippen molar-refractivity contribution in [3.63, 3.8) is 0 Å². The molecule has 0 N–H and O–H groups in total. The van der Waals surface area contributed by atoms with Crippen LogP contribution in [0.25, 0.3) is 0 Å². The molecule has 1 nitrogen and oxygen atoms in total. The predicted molar refractivity (Wildman–Crippen MR) is 63.6 cm³/mol. The van der Waals surface area contributed by atoms with Crippen molar-refractivity contribution in [2.24, 2.45) is 5.41 Å². The Morgan fingerprint density at radius 1 is 1.07 bits per heavy atom. The van der Waals surface area contributed by atoms with Crippen molar-refractivity contribution in [2.45, 2.75) is 59.3 Å². The van der Waals surface area contributed by atoms with Crippen LogP contribution in [0.15, 0.2) is 0 Å². The quantitative estimate of drug-likeness (QED) is 0.621. The second kappa shape index (κ2) is 5.75. The van der Waals surface area contributed by atoms with E-state index in [4.69, 9.17) is 0 Å². The molecule has 0 aliphatic carbocycles. The lowest BCUT2D eigenvalue weighted by Crippen LogP contribution is -2.26. The summed E-state index contributed by atoms with van der Waals surface area (Å²) in [5.74, 6) is 0. The molecule has 0 spiro atoms. The fraction of sp³-hybridized carbons (Fsp3) is 1.00. The van der Waals surface area contributed by atoms with Gasteiger partial charge in [0.1, 0.15) is 0 Å². The van der Waals surface area contributed by atoms with Gasteiger partial charge in [-0.15, -0.1) is 0 Å². The maximum atomic E-state index is 2.67. The highest BCUT2D eigenvalue weighted by atomic mass is 15.1. The van der Waals surface area contributed by atoms with Gasteiger partial charge in [-0.05, 0) is 50.7 Å². The number of hydrogen-bond donors (Lipinski definition) is 0. The summed E-state index contributed by atoms with van der Waals surface area (Å²) in [6.07, 6.45) is 8.35. The van der Waals surface area contributed by atoms with Crippen molar-refractivity contribution in [2.75, 3.05) is 19.6 Å². The largest absolute Gasteiger partial charge is 0.303 e. The average molecular weight is 197 g/mol. The number of nitrogens with zero attached hydrogens (tertiary/aromatic N) is 1. The Kier molecular flexibility index (Phi) is 4.94. The zero-order chi connectivity index (χ0) is 10.4. The number of rotatable bonds is 4. The summed E-state index contributed by atoms with van der Waals surface area (Å²) in [4.78, 5) is 2.67. The van der Waals surface area contributed by atoms with Gasteiger partial charge in [0, 0.05) is 0 Å². The van der Waals surface area contributed by atoms with Crippen LogP contribution in [0.2, 0.25) is 0 Å². The van der Waals surface area contributed by atoms with E-state index in [9.17, 15) is 0 Å². The van der Waals surface area contributed by atoms with Gasteiger partial charge in [-0.1, -0.05) is 33.6 Å². The third-order valence-electron chi connectivity index (χ3n) is 3.51. The first-order chi connectivity index (χ1) is 6.64. The second-order valence-electron chi connectivity index (χ2n) is 5.57. The number of unbranched alkanes of at least 4 members (excludes halogenated alkanes) is 2. The highest BCUT2D eigenvalue weighted by Gasteiger charge is 2.22. The summed E-state index contributed by atoms with van der Waals surface area (Å²) in [6, 6.07) is 0. The third-order valence-corrected chi connectivity index (χ3v) is 3.51. The van der Waals surface area contributed by atoms with Crippen molar-refractivity contribution in [1.82, 2.24) is 4.90 Å². The molecule has 0 aromatic carbocycles. The van der Waals surface area contributed by atoms with Crippen LogP contribution in [0.1, 0.15) is 59.3 Å². The monoisotopic (exact) mass is 197 g/mol. The molecule has 84 valence electrons. The van der Waals surface area contributed by atoms with Gasteiger partial charge in [0.15, 0.2) is 0 Å². The molecule has 1 heteroatoms. The standard InChI is InChI=1S/C13H27N/c1-4-5-6-10-14-11-7-8-13(2,3)9-12-14/h4-12H2,1-3H3. The molecule has 0 unspecified atom stereocenters. The van der Waals surface area contributed by atoms with Crippen molar-refractivity contribution >= 4 is 0 Å². The van der Waals surface area contributed by atoms with Gasteiger partial charge in [0.2, 0.25) is 0 Å². The molecule has 1 fully saturated rings. The zero-order valence-corrected chi connectivity index (χ0v) is 10.3. The Labute approximate surface area is 89.9 Å². The first kappa shape index (κ1) is 12.0. The molecular formula is C13H27N. The van der Waals surface area contributed by atoms with Gasteiger partial charge in [0.05, 0.1) is 0 Å². The summed E-state index contributed by atoms with van der Waals surface area (Å²) in [5, 5.41) is 0. The van der Waals surface area contributed by atoms with E-state index in [-0.39, 0.29) is 0 Å². The van der Waals surface area contributed by atoms with E-state index in [2.05, 4.69) is 25.7 Å². The van der Waals surface area contributed by atoms with E-state index < -0.39 is 0 Å². The van der Waals surface area contributed by atoms with Crippen LogP contribution < -0.4 is 0 Å². The molecule has 0 atom stereocenters. The first-order valence-electron chi connectivity index (χ1n) is 6.36. The smallest absolute Gasteiger partial charge is 0.00136 e. The van der Waals surface area contributed by atoms with E-state index in [1.54, 1.807) is 0 Å². The lowest BCUT2D eigenvalue weighted by molar-refractivity contribution is 0.258. The molecule has 1 rings (SSSR count). The normalized spacial score (nSPS) is 23.4. The van der Waals surface area contributed by atoms with E-state index in [1.807, 2.05) is 0 Å². The average Bonchev–Trinajstić information content (AvgIpc) is 2.28. The summed E-state index contributed by atoms with van der Waals surface area (Å²) in [7, 11) is 0. The zero-order valence-electron chi connectivity index (χ0n) is 10.3. The van der Waals surface area contributed by atoms with E-state index >= 15 is 0 Å². The molecule has 0 saturated carbocycles. The van der Waals surface area contributed by atoms with Crippen molar-refractivity contribution in [1.29, 1.82) is 0 Å². The van der Waals surface area contributed by atoms with Crippen molar-refractivity contribution < 1.29 is 0 Å². The van der Waals surface area contributed by atoms with Crippen LogP contribution >= 0.6 is 0 Å². The second-order valence-corrected chi connectivity index (χ2v) is 5.57. The van der Waals surface area contributed by atoms with Gasteiger partial charge in [-0.25, -0.2) is 0 Å². The van der Waals surface area contributed by atoms with Crippen LogP contribution in [0.3, 0.4) is 0 Å². The van der Waals surface area contributed by atoms with Gasteiger partial charge in [-0.2, -0.15) is 0 Å². The topological polar surface area (TPSA) is 3.24 Å². The fourth-order valence-electron chi connectivity index (χ4n) is 2.29. The lowest BCUT2D eigenvalue weighted by Gasteiger charge is -2.23. The van der Waals surface area contributed by atoms with Crippen molar-refractivity contribution in [3.05, 3.63) is 0 Å². The first-order valence-corrected chi connectivity index (χ1v) is 6.36. The summed E-state index contributed by atoms with van der Waals surface area (Å²) >= 11 is 0. The van der Waals surface area contributed by atoms with Gasteiger partial charge >= 0.3 is 0 Å². The Morgan fingerprint density at radius 2 is 1.86 bits per heavy atom. The summed E-state index contributed by atoms with van der Waals surface area (Å²) in [6.45, 7) is 11.1. The molecule has 0 aromatic heterocycles. The van der Waals surface area contributed by atoms with E-state index in [0.717, 1.165) is 0 Å². The molecule has 1 heterocycles. The Bertz CT molecular complexity index is 151. The minimum absolute atomic E-state index is 0.597. The Hall–Kier alpha value is -0.0400. The van der Waals surface area contributed by atoms with Crippen LogP contribution in [-0.4, -0.2) is 24.5 Å². The molecule has 0 radical (unpaired) electrons. The van der Waals surface area contributed by atoms with Gasteiger partial charge < -0.3 is 4.90 Å². The molecule has 0 aromatic rings. The van der Waals surface area contributed by atoms with Crippen molar-refractivity contribution in [3.8, 4) is 0 Å². The molecule has 0 bridgehead atoms. The summed E-state index contributed by atoms with van der Waals surface area (Å²) < 4.78 is 0. The minimum atomic E-state index is 0.597. The van der Waals surface area contributed by atoms with Crippen LogP contribution in [-0.2, 0) is 0 Å². The van der Waals surface area contributed by atoms with Gasteiger partial charge in [0.25, 0.3) is 0 Å². The van der Waals surface area contributed by atoms with E-state index in [1.165, 1.54) is 58.2 Å². The molecule has 1 aliphatic heterocycles. The van der Waals surface area contributed by atoms with Crippen LogP contribution in [0.5, 0.6) is 0 Å². The Balaban J connectivity index is 2.21. The molecular weight excluding hydrogens is 170 g/mol. The minimum Gasteiger partial charge on any atom is -0.303 e. The highest BCUT2D eigenvalue weighted by Crippen LogP contribution is 2.29. The molecule has 1 saturated heterocycles. The van der Waals surface area contributed by atoms with E-state index in [0.29, 0.717) is 5.41 Å². The SMILES string of the molecule is CCCCCN1CCCC(C)(C)CC1. The molecule has 0 amide bonds. The maximum absolute atomic E-state index is 2.67. The highest BCUT2D eigenvalue weighted by molar-refractivity contribution is 4.75. The molecule has 14 heavy (non-hydrogen) atoms. The Morgan fingerprint density at radius 3 is 2.57 bits per heavy atom.